The van der Waals surface area contributed by atoms with Gasteiger partial charge in [-0.1, -0.05) is 41.9 Å². The third kappa shape index (κ3) is 3.89. The average molecular weight is 426 g/mol. The van der Waals surface area contributed by atoms with Crippen molar-refractivity contribution in [1.29, 1.82) is 0 Å². The molecule has 3 aromatic rings. The number of hydrogen-bond donors (Lipinski definition) is 0. The summed E-state index contributed by atoms with van der Waals surface area (Å²) in [5, 5.41) is 11.2. The van der Waals surface area contributed by atoms with E-state index in [0.29, 0.717) is 48.3 Å². The van der Waals surface area contributed by atoms with E-state index in [9.17, 15) is 14.9 Å². The van der Waals surface area contributed by atoms with Gasteiger partial charge in [-0.05, 0) is 19.1 Å². The van der Waals surface area contributed by atoms with E-state index >= 15 is 0 Å². The molecule has 1 aliphatic heterocycles. The molecule has 7 nitrogen and oxygen atoms in total. The van der Waals surface area contributed by atoms with Gasteiger partial charge >= 0.3 is 0 Å². The number of halogens is 1. The lowest BCUT2D eigenvalue weighted by Crippen LogP contribution is -2.49. The lowest BCUT2D eigenvalue weighted by atomic mass is 10.1. The number of benzene rings is 2. The van der Waals surface area contributed by atoms with Crippen LogP contribution in [0, 0.1) is 17.0 Å². The summed E-state index contributed by atoms with van der Waals surface area (Å²) in [6.45, 7) is 4.03. The Kier molecular flexibility index (Phi) is 5.46. The largest absolute Gasteiger partial charge is 0.461 e. The molecule has 0 N–H and O–H groups in total. The molecule has 0 aliphatic carbocycles. The van der Waals surface area contributed by atoms with Gasteiger partial charge in [0.05, 0.1) is 21.2 Å². The lowest BCUT2D eigenvalue weighted by molar-refractivity contribution is -0.384. The number of amides is 1. The number of nitrogens with zero attached hydrogens (tertiary/aromatic N) is 3. The van der Waals surface area contributed by atoms with Gasteiger partial charge in [-0.25, -0.2) is 0 Å². The van der Waals surface area contributed by atoms with E-state index in [2.05, 4.69) is 0 Å². The number of carbonyl (C=O) groups is 1. The number of carbonyl (C=O) groups excluding carboxylic acids is 1. The summed E-state index contributed by atoms with van der Waals surface area (Å²) in [7, 11) is 0. The summed E-state index contributed by atoms with van der Waals surface area (Å²) in [5.74, 6) is 1.21. The normalized spacial score (nSPS) is 14.1. The second kappa shape index (κ2) is 8.20. The van der Waals surface area contributed by atoms with Crippen molar-refractivity contribution in [3.8, 4) is 11.3 Å². The summed E-state index contributed by atoms with van der Waals surface area (Å²) in [4.78, 5) is 27.3. The fraction of sp³-hybridized carbons (Fsp3) is 0.227. The van der Waals surface area contributed by atoms with E-state index < -0.39 is 4.92 Å². The van der Waals surface area contributed by atoms with Crippen LogP contribution in [0.2, 0.25) is 5.02 Å². The van der Waals surface area contributed by atoms with Crippen LogP contribution in [0.5, 0.6) is 0 Å². The van der Waals surface area contributed by atoms with Crippen molar-refractivity contribution in [3.05, 3.63) is 81.1 Å². The maximum Gasteiger partial charge on any atom is 0.271 e. The molecule has 2 aromatic carbocycles. The van der Waals surface area contributed by atoms with Gasteiger partial charge in [-0.15, -0.1) is 0 Å². The van der Waals surface area contributed by atoms with Gasteiger partial charge in [0.1, 0.15) is 11.5 Å². The molecule has 1 fully saturated rings. The van der Waals surface area contributed by atoms with Gasteiger partial charge in [-0.2, -0.15) is 0 Å². The van der Waals surface area contributed by atoms with Gasteiger partial charge in [0.15, 0.2) is 0 Å². The summed E-state index contributed by atoms with van der Waals surface area (Å²) in [5.41, 5.74) is 2.19. The van der Waals surface area contributed by atoms with Crippen LogP contribution in [0.15, 0.2) is 59.0 Å². The number of nitro benzene ring substituents is 1. The molecule has 0 saturated carbocycles. The number of aryl methyl sites for hydroxylation is 1. The van der Waals surface area contributed by atoms with Gasteiger partial charge < -0.3 is 14.2 Å². The second-order valence-corrected chi connectivity index (χ2v) is 7.53. The number of non-ortho nitro benzene ring substituents is 1. The molecule has 0 unspecified atom stereocenters. The minimum absolute atomic E-state index is 0.0396. The number of nitro groups is 1. The van der Waals surface area contributed by atoms with Gasteiger partial charge in [-0.3, -0.25) is 14.9 Å². The SMILES string of the molecule is Cc1oc(-c2ccccc2)cc1C(=O)N1CCN(c2ccc([N+](=O)[O-])cc2Cl)CC1. The van der Waals surface area contributed by atoms with Crippen LogP contribution in [0.25, 0.3) is 11.3 Å². The van der Waals surface area contributed by atoms with Gasteiger partial charge in [0.2, 0.25) is 0 Å². The van der Waals surface area contributed by atoms with Crippen molar-refractivity contribution in [2.45, 2.75) is 6.92 Å². The third-order valence-corrected chi connectivity index (χ3v) is 5.56. The fourth-order valence-electron chi connectivity index (χ4n) is 3.63. The first-order valence-electron chi connectivity index (χ1n) is 9.58. The zero-order valence-corrected chi connectivity index (χ0v) is 17.1. The van der Waals surface area contributed by atoms with Crippen LogP contribution in [0.4, 0.5) is 11.4 Å². The maximum atomic E-state index is 13.0. The molecule has 154 valence electrons. The molecule has 1 aliphatic rings. The molecule has 2 heterocycles. The van der Waals surface area contributed by atoms with Crippen molar-refractivity contribution in [2.24, 2.45) is 0 Å². The summed E-state index contributed by atoms with van der Waals surface area (Å²) >= 11 is 6.24. The van der Waals surface area contributed by atoms with E-state index in [0.717, 1.165) is 11.3 Å². The van der Waals surface area contributed by atoms with Crippen molar-refractivity contribution in [2.75, 3.05) is 31.1 Å². The number of anilines is 1. The molecular weight excluding hydrogens is 406 g/mol. The Hall–Kier alpha value is -3.32. The standard InChI is InChI=1S/C22H20ClN3O4/c1-15-18(14-21(30-15)16-5-3-2-4-6-16)22(27)25-11-9-24(10-12-25)20-8-7-17(26(28)29)13-19(20)23/h2-8,13-14H,9-12H2,1H3. The first-order chi connectivity index (χ1) is 14.4. The molecule has 30 heavy (non-hydrogen) atoms. The highest BCUT2D eigenvalue weighted by Crippen LogP contribution is 2.31. The minimum atomic E-state index is -0.469. The molecular formula is C22H20ClN3O4. The molecule has 1 saturated heterocycles. The van der Waals surface area contributed by atoms with E-state index in [1.807, 2.05) is 35.2 Å². The highest BCUT2D eigenvalue weighted by atomic mass is 35.5. The second-order valence-electron chi connectivity index (χ2n) is 7.12. The molecule has 1 amide bonds. The fourth-order valence-corrected chi connectivity index (χ4v) is 3.92. The van der Waals surface area contributed by atoms with E-state index in [1.54, 1.807) is 24.0 Å². The predicted molar refractivity (Wildman–Crippen MR) is 115 cm³/mol. The van der Waals surface area contributed by atoms with Crippen LogP contribution in [0.3, 0.4) is 0 Å². The highest BCUT2D eigenvalue weighted by Gasteiger charge is 2.26. The molecule has 4 rings (SSSR count). The zero-order valence-electron chi connectivity index (χ0n) is 16.4. The number of furan rings is 1. The monoisotopic (exact) mass is 425 g/mol. The molecule has 0 bridgehead atoms. The topological polar surface area (TPSA) is 79.8 Å². The van der Waals surface area contributed by atoms with Crippen molar-refractivity contribution < 1.29 is 14.1 Å². The molecule has 8 heteroatoms. The first kappa shape index (κ1) is 20.0. The van der Waals surface area contributed by atoms with E-state index in [4.69, 9.17) is 16.0 Å². The average Bonchev–Trinajstić information content (AvgIpc) is 3.15. The van der Waals surface area contributed by atoms with E-state index in [1.165, 1.54) is 12.1 Å². The van der Waals surface area contributed by atoms with Crippen molar-refractivity contribution in [1.82, 2.24) is 4.90 Å². The Morgan fingerprint density at radius 1 is 1.07 bits per heavy atom. The lowest BCUT2D eigenvalue weighted by Gasteiger charge is -2.36. The van der Waals surface area contributed by atoms with Crippen molar-refractivity contribution in [3.63, 3.8) is 0 Å². The van der Waals surface area contributed by atoms with Gasteiger partial charge in [0, 0.05) is 43.9 Å². The summed E-state index contributed by atoms with van der Waals surface area (Å²) in [6.07, 6.45) is 0. The zero-order chi connectivity index (χ0) is 21.3. The van der Waals surface area contributed by atoms with Crippen LogP contribution in [-0.4, -0.2) is 41.9 Å². The minimum Gasteiger partial charge on any atom is -0.461 e. The number of piperazine rings is 1. The van der Waals surface area contributed by atoms with E-state index in [-0.39, 0.29) is 11.6 Å². The van der Waals surface area contributed by atoms with Crippen molar-refractivity contribution >= 4 is 28.9 Å². The van der Waals surface area contributed by atoms with Crippen LogP contribution < -0.4 is 4.90 Å². The van der Waals surface area contributed by atoms with Gasteiger partial charge in [0.25, 0.3) is 11.6 Å². The molecule has 0 spiro atoms. The Labute approximate surface area is 178 Å². The molecule has 0 radical (unpaired) electrons. The Balaban J connectivity index is 1.45. The van der Waals surface area contributed by atoms with Crippen LogP contribution in [-0.2, 0) is 0 Å². The quantitative estimate of drug-likeness (QED) is 0.444. The maximum absolute atomic E-state index is 13.0. The summed E-state index contributed by atoms with van der Waals surface area (Å²) in [6, 6.07) is 15.9. The Morgan fingerprint density at radius 2 is 1.77 bits per heavy atom. The molecule has 0 atom stereocenters. The van der Waals surface area contributed by atoms with Crippen LogP contribution in [0.1, 0.15) is 16.1 Å². The highest BCUT2D eigenvalue weighted by molar-refractivity contribution is 6.33. The third-order valence-electron chi connectivity index (χ3n) is 5.26. The predicted octanol–water partition coefficient (Wildman–Crippen LogP) is 4.78. The number of hydrogen-bond acceptors (Lipinski definition) is 5. The first-order valence-corrected chi connectivity index (χ1v) is 9.96. The summed E-state index contributed by atoms with van der Waals surface area (Å²) < 4.78 is 5.82. The van der Waals surface area contributed by atoms with Crippen LogP contribution >= 0.6 is 11.6 Å². The molecule has 1 aromatic heterocycles. The smallest absolute Gasteiger partial charge is 0.271 e. The number of rotatable bonds is 4. The Bertz CT molecular complexity index is 1090. The Morgan fingerprint density at radius 3 is 2.40 bits per heavy atom.